The van der Waals surface area contributed by atoms with Crippen molar-refractivity contribution >= 4 is 40.8 Å². The summed E-state index contributed by atoms with van der Waals surface area (Å²) in [5, 5.41) is 9.84. The van der Waals surface area contributed by atoms with E-state index in [0.717, 1.165) is 0 Å². The molecule has 19 heavy (non-hydrogen) atoms. The Balaban J connectivity index is 2.28. The quantitative estimate of drug-likeness (QED) is 0.853. The molecule has 1 N–H and O–H groups in total. The van der Waals surface area contributed by atoms with E-state index in [-0.39, 0.29) is 10.6 Å². The molecular formula is C13H7Cl3O3. The van der Waals surface area contributed by atoms with Crippen molar-refractivity contribution in [1.82, 2.24) is 0 Å². The first-order valence-corrected chi connectivity index (χ1v) is 6.26. The van der Waals surface area contributed by atoms with Gasteiger partial charge in [-0.25, -0.2) is 4.79 Å². The predicted octanol–water partition coefficient (Wildman–Crippen LogP) is 5.14. The molecule has 0 aliphatic carbocycles. The third kappa shape index (κ3) is 3.53. The Kier molecular flexibility index (Phi) is 4.20. The van der Waals surface area contributed by atoms with E-state index < -0.39 is 5.97 Å². The van der Waals surface area contributed by atoms with Gasteiger partial charge >= 0.3 is 5.97 Å². The maximum absolute atomic E-state index is 10.8. The van der Waals surface area contributed by atoms with Crippen LogP contribution in [0.5, 0.6) is 11.5 Å². The highest BCUT2D eigenvalue weighted by Gasteiger charge is 2.10. The number of carboxylic acid groups (broad SMARTS) is 1. The second kappa shape index (κ2) is 5.70. The standard InChI is InChI=1S/C13H7Cl3O3/c14-7-3-8(15)5-10(4-7)19-9-1-2-11(13(17)18)12(16)6-9/h1-6H,(H,17,18). The van der Waals surface area contributed by atoms with Gasteiger partial charge in [0.25, 0.3) is 0 Å². The molecule has 2 rings (SSSR count). The lowest BCUT2D eigenvalue weighted by atomic mass is 10.2. The van der Waals surface area contributed by atoms with Crippen LogP contribution in [-0.2, 0) is 0 Å². The zero-order valence-corrected chi connectivity index (χ0v) is 11.6. The van der Waals surface area contributed by atoms with Gasteiger partial charge in [-0.1, -0.05) is 34.8 Å². The number of rotatable bonds is 3. The highest BCUT2D eigenvalue weighted by molar-refractivity contribution is 6.35. The normalized spacial score (nSPS) is 10.3. The molecule has 0 aromatic heterocycles. The number of hydrogen-bond donors (Lipinski definition) is 1. The molecule has 0 atom stereocenters. The highest BCUT2D eigenvalue weighted by atomic mass is 35.5. The number of ether oxygens (including phenoxy) is 1. The topological polar surface area (TPSA) is 46.5 Å². The first-order chi connectivity index (χ1) is 8.95. The Bertz CT molecular complexity index is 621. The van der Waals surface area contributed by atoms with Gasteiger partial charge in [0.2, 0.25) is 0 Å². The summed E-state index contributed by atoms with van der Waals surface area (Å²) >= 11 is 17.5. The van der Waals surface area contributed by atoms with Gasteiger partial charge in [0, 0.05) is 16.1 Å². The lowest BCUT2D eigenvalue weighted by molar-refractivity contribution is 0.0697. The zero-order chi connectivity index (χ0) is 14.0. The Morgan fingerprint density at radius 3 is 2.11 bits per heavy atom. The molecule has 0 radical (unpaired) electrons. The van der Waals surface area contributed by atoms with Crippen LogP contribution < -0.4 is 4.74 Å². The molecule has 0 spiro atoms. The van der Waals surface area contributed by atoms with Gasteiger partial charge in [-0.2, -0.15) is 0 Å². The Morgan fingerprint density at radius 2 is 1.58 bits per heavy atom. The number of halogens is 3. The second-order valence-electron chi connectivity index (χ2n) is 3.65. The van der Waals surface area contributed by atoms with Crippen LogP contribution in [0.2, 0.25) is 15.1 Å². The minimum atomic E-state index is -1.10. The Labute approximate surface area is 124 Å². The fourth-order valence-electron chi connectivity index (χ4n) is 1.46. The van der Waals surface area contributed by atoms with E-state index in [0.29, 0.717) is 21.5 Å². The third-order valence-corrected chi connectivity index (χ3v) is 2.99. The molecule has 0 fully saturated rings. The van der Waals surface area contributed by atoms with E-state index in [1.54, 1.807) is 18.2 Å². The largest absolute Gasteiger partial charge is 0.478 e. The summed E-state index contributed by atoms with van der Waals surface area (Å²) in [6, 6.07) is 9.05. The average Bonchev–Trinajstić information content (AvgIpc) is 2.26. The Morgan fingerprint density at radius 1 is 0.947 bits per heavy atom. The summed E-state index contributed by atoms with van der Waals surface area (Å²) in [7, 11) is 0. The molecule has 0 saturated carbocycles. The third-order valence-electron chi connectivity index (χ3n) is 2.24. The zero-order valence-electron chi connectivity index (χ0n) is 9.36. The van der Waals surface area contributed by atoms with Crippen molar-refractivity contribution < 1.29 is 14.6 Å². The monoisotopic (exact) mass is 316 g/mol. The fourth-order valence-corrected chi connectivity index (χ4v) is 2.21. The SMILES string of the molecule is O=C(O)c1ccc(Oc2cc(Cl)cc(Cl)c2)cc1Cl. The summed E-state index contributed by atoms with van der Waals surface area (Å²) in [5.74, 6) is -0.257. The molecule has 3 nitrogen and oxygen atoms in total. The van der Waals surface area contributed by atoms with Crippen molar-refractivity contribution in [3.8, 4) is 11.5 Å². The minimum Gasteiger partial charge on any atom is -0.478 e. The molecule has 0 aliphatic rings. The Hall–Kier alpha value is -1.42. The molecular weight excluding hydrogens is 310 g/mol. The average molecular weight is 318 g/mol. The van der Waals surface area contributed by atoms with Crippen LogP contribution in [0.1, 0.15) is 10.4 Å². The molecule has 2 aromatic carbocycles. The van der Waals surface area contributed by atoms with E-state index in [4.69, 9.17) is 44.6 Å². The van der Waals surface area contributed by atoms with Gasteiger partial charge in [-0.05, 0) is 30.3 Å². The number of aromatic carboxylic acids is 1. The molecule has 0 unspecified atom stereocenters. The summed E-state index contributed by atoms with van der Waals surface area (Å²) in [6.07, 6.45) is 0. The van der Waals surface area contributed by atoms with E-state index in [1.165, 1.54) is 18.2 Å². The smallest absolute Gasteiger partial charge is 0.337 e. The number of hydrogen-bond acceptors (Lipinski definition) is 2. The van der Waals surface area contributed by atoms with E-state index in [1.807, 2.05) is 0 Å². The van der Waals surface area contributed by atoms with Crippen LogP contribution in [0.3, 0.4) is 0 Å². The van der Waals surface area contributed by atoms with Crippen LogP contribution in [0.15, 0.2) is 36.4 Å². The molecule has 2 aromatic rings. The number of benzene rings is 2. The van der Waals surface area contributed by atoms with Crippen LogP contribution in [0.4, 0.5) is 0 Å². The van der Waals surface area contributed by atoms with Gasteiger partial charge < -0.3 is 9.84 Å². The molecule has 0 saturated heterocycles. The van der Waals surface area contributed by atoms with Crippen molar-refractivity contribution in [3.63, 3.8) is 0 Å². The molecule has 0 bridgehead atoms. The van der Waals surface area contributed by atoms with Crippen molar-refractivity contribution in [2.24, 2.45) is 0 Å². The van der Waals surface area contributed by atoms with Gasteiger partial charge in [0.1, 0.15) is 11.5 Å². The van der Waals surface area contributed by atoms with Crippen LogP contribution >= 0.6 is 34.8 Å². The summed E-state index contributed by atoms with van der Waals surface area (Å²) in [4.78, 5) is 10.8. The van der Waals surface area contributed by atoms with E-state index >= 15 is 0 Å². The summed E-state index contributed by atoms with van der Waals surface area (Å²) in [5.41, 5.74) is 0.0122. The van der Waals surface area contributed by atoms with Gasteiger partial charge in [0.05, 0.1) is 10.6 Å². The first kappa shape index (κ1) is 14.0. The summed E-state index contributed by atoms with van der Waals surface area (Å²) in [6.45, 7) is 0. The maximum Gasteiger partial charge on any atom is 0.337 e. The fraction of sp³-hybridized carbons (Fsp3) is 0. The molecule has 0 aliphatic heterocycles. The molecule has 0 amide bonds. The van der Waals surface area contributed by atoms with Gasteiger partial charge in [0.15, 0.2) is 0 Å². The van der Waals surface area contributed by atoms with Crippen molar-refractivity contribution in [2.45, 2.75) is 0 Å². The molecule has 6 heteroatoms. The first-order valence-electron chi connectivity index (χ1n) is 5.12. The molecule has 98 valence electrons. The maximum atomic E-state index is 10.8. The van der Waals surface area contributed by atoms with E-state index in [2.05, 4.69) is 0 Å². The minimum absolute atomic E-state index is 0.0122. The molecule has 0 heterocycles. The highest BCUT2D eigenvalue weighted by Crippen LogP contribution is 2.30. The van der Waals surface area contributed by atoms with Crippen molar-refractivity contribution in [1.29, 1.82) is 0 Å². The second-order valence-corrected chi connectivity index (χ2v) is 4.93. The van der Waals surface area contributed by atoms with Gasteiger partial charge in [-0.3, -0.25) is 0 Å². The summed E-state index contributed by atoms with van der Waals surface area (Å²) < 4.78 is 5.51. The lowest BCUT2D eigenvalue weighted by Gasteiger charge is -2.08. The van der Waals surface area contributed by atoms with Crippen LogP contribution in [-0.4, -0.2) is 11.1 Å². The predicted molar refractivity (Wildman–Crippen MR) is 74.9 cm³/mol. The number of carboxylic acids is 1. The lowest BCUT2D eigenvalue weighted by Crippen LogP contribution is -1.97. The van der Waals surface area contributed by atoms with Crippen molar-refractivity contribution in [2.75, 3.05) is 0 Å². The van der Waals surface area contributed by atoms with Crippen LogP contribution in [0.25, 0.3) is 0 Å². The van der Waals surface area contributed by atoms with Crippen molar-refractivity contribution in [3.05, 3.63) is 57.0 Å². The van der Waals surface area contributed by atoms with E-state index in [9.17, 15) is 4.79 Å². The van der Waals surface area contributed by atoms with Crippen LogP contribution in [0, 0.1) is 0 Å². The van der Waals surface area contributed by atoms with Gasteiger partial charge in [-0.15, -0.1) is 0 Å². The number of carbonyl (C=O) groups is 1.